The van der Waals surface area contributed by atoms with Gasteiger partial charge in [-0.3, -0.25) is 15.1 Å². The SMILES string of the molecule is CC1c2ccsc2CCN1CCCCCC(=O)NN. The molecule has 2 rings (SSSR count). The van der Waals surface area contributed by atoms with Crippen LogP contribution in [-0.2, 0) is 11.2 Å². The Bertz CT molecular complexity index is 419. The first-order valence-electron chi connectivity index (χ1n) is 7.02. The molecule has 0 saturated heterocycles. The molecule has 1 unspecified atom stereocenters. The fraction of sp³-hybridized carbons (Fsp3) is 0.643. The van der Waals surface area contributed by atoms with Gasteiger partial charge < -0.3 is 0 Å². The van der Waals surface area contributed by atoms with Crippen LogP contribution in [0.1, 0.15) is 49.1 Å². The number of carbonyl (C=O) groups excluding carboxylic acids is 1. The number of nitrogens with one attached hydrogen (secondary N) is 1. The van der Waals surface area contributed by atoms with Crippen molar-refractivity contribution in [1.29, 1.82) is 0 Å². The molecule has 0 saturated carbocycles. The van der Waals surface area contributed by atoms with E-state index >= 15 is 0 Å². The van der Waals surface area contributed by atoms with E-state index in [1.54, 1.807) is 4.88 Å². The summed E-state index contributed by atoms with van der Waals surface area (Å²) in [6.45, 7) is 4.59. The van der Waals surface area contributed by atoms with E-state index in [2.05, 4.69) is 28.7 Å². The summed E-state index contributed by atoms with van der Waals surface area (Å²) in [5, 5.41) is 2.20. The Balaban J connectivity index is 1.69. The first-order chi connectivity index (χ1) is 9.22. The zero-order valence-corrected chi connectivity index (χ0v) is 12.3. The van der Waals surface area contributed by atoms with Gasteiger partial charge in [-0.1, -0.05) is 6.42 Å². The molecule has 0 bridgehead atoms. The van der Waals surface area contributed by atoms with Crippen LogP contribution < -0.4 is 11.3 Å². The van der Waals surface area contributed by atoms with Gasteiger partial charge in [-0.15, -0.1) is 11.3 Å². The highest BCUT2D eigenvalue weighted by atomic mass is 32.1. The van der Waals surface area contributed by atoms with Crippen LogP contribution >= 0.6 is 11.3 Å². The summed E-state index contributed by atoms with van der Waals surface area (Å²) in [7, 11) is 0. The summed E-state index contributed by atoms with van der Waals surface area (Å²) >= 11 is 1.89. The van der Waals surface area contributed by atoms with Gasteiger partial charge in [-0.25, -0.2) is 5.84 Å². The van der Waals surface area contributed by atoms with Crippen molar-refractivity contribution in [2.24, 2.45) is 5.84 Å². The van der Waals surface area contributed by atoms with E-state index in [1.165, 1.54) is 12.0 Å². The molecule has 2 heterocycles. The molecule has 5 heteroatoms. The van der Waals surface area contributed by atoms with Crippen molar-refractivity contribution in [1.82, 2.24) is 10.3 Å². The molecule has 1 atom stereocenters. The lowest BCUT2D eigenvalue weighted by Gasteiger charge is -2.33. The van der Waals surface area contributed by atoms with E-state index in [-0.39, 0.29) is 5.91 Å². The van der Waals surface area contributed by atoms with Crippen LogP contribution in [0.3, 0.4) is 0 Å². The minimum atomic E-state index is -0.0609. The van der Waals surface area contributed by atoms with Gasteiger partial charge in [0, 0.05) is 23.9 Å². The normalized spacial score (nSPS) is 19.2. The molecule has 0 fully saturated rings. The van der Waals surface area contributed by atoms with Crippen molar-refractivity contribution >= 4 is 17.2 Å². The monoisotopic (exact) mass is 281 g/mol. The Morgan fingerprint density at radius 2 is 2.37 bits per heavy atom. The topological polar surface area (TPSA) is 58.4 Å². The summed E-state index contributed by atoms with van der Waals surface area (Å²) in [5.74, 6) is 4.99. The van der Waals surface area contributed by atoms with E-state index in [0.717, 1.165) is 32.4 Å². The first-order valence-corrected chi connectivity index (χ1v) is 7.90. The number of carbonyl (C=O) groups is 1. The van der Waals surface area contributed by atoms with E-state index in [9.17, 15) is 4.79 Å². The van der Waals surface area contributed by atoms with Crippen LogP contribution in [0.25, 0.3) is 0 Å². The standard InChI is InChI=1S/C14H23N3OS/c1-11-12-7-10-19-13(12)6-9-17(11)8-4-2-3-5-14(18)16-15/h7,10-11H,2-6,8-9,15H2,1H3,(H,16,18). The smallest absolute Gasteiger partial charge is 0.233 e. The summed E-state index contributed by atoms with van der Waals surface area (Å²) in [4.78, 5) is 15.1. The van der Waals surface area contributed by atoms with Gasteiger partial charge in [0.15, 0.2) is 0 Å². The number of nitrogens with two attached hydrogens (primary N) is 1. The zero-order valence-electron chi connectivity index (χ0n) is 11.5. The van der Waals surface area contributed by atoms with Crippen LogP contribution in [-0.4, -0.2) is 23.9 Å². The molecular weight excluding hydrogens is 258 g/mol. The number of nitrogens with zero attached hydrogens (tertiary/aromatic N) is 1. The lowest BCUT2D eigenvalue weighted by molar-refractivity contribution is -0.121. The van der Waals surface area contributed by atoms with Crippen molar-refractivity contribution in [3.63, 3.8) is 0 Å². The van der Waals surface area contributed by atoms with Crippen molar-refractivity contribution in [3.8, 4) is 0 Å². The Hall–Kier alpha value is -0.910. The van der Waals surface area contributed by atoms with E-state index < -0.39 is 0 Å². The third-order valence-corrected chi connectivity index (χ3v) is 4.91. The quantitative estimate of drug-likeness (QED) is 0.364. The number of rotatable bonds is 6. The van der Waals surface area contributed by atoms with Crippen molar-refractivity contribution < 1.29 is 4.79 Å². The number of hydrogen-bond donors (Lipinski definition) is 2. The average molecular weight is 281 g/mol. The van der Waals surface area contributed by atoms with Crippen molar-refractivity contribution in [3.05, 3.63) is 21.9 Å². The van der Waals surface area contributed by atoms with Gasteiger partial charge in [0.2, 0.25) is 5.91 Å². The van der Waals surface area contributed by atoms with Crippen molar-refractivity contribution in [2.45, 2.75) is 45.1 Å². The third-order valence-electron chi connectivity index (χ3n) is 3.91. The lowest BCUT2D eigenvalue weighted by atomic mass is 10.0. The highest BCUT2D eigenvalue weighted by molar-refractivity contribution is 7.10. The maximum atomic E-state index is 11.0. The average Bonchev–Trinajstić information content (AvgIpc) is 2.89. The Kier molecular flexibility index (Phi) is 5.36. The van der Waals surface area contributed by atoms with Gasteiger partial charge in [0.05, 0.1) is 0 Å². The molecule has 1 aliphatic rings. The number of hydrazine groups is 1. The first kappa shape index (κ1) is 14.5. The molecule has 0 spiro atoms. The molecule has 1 aromatic rings. The highest BCUT2D eigenvalue weighted by Crippen LogP contribution is 2.32. The number of hydrogen-bond acceptors (Lipinski definition) is 4. The summed E-state index contributed by atoms with van der Waals surface area (Å²) < 4.78 is 0. The summed E-state index contributed by atoms with van der Waals surface area (Å²) in [6.07, 6.45) is 4.90. The molecular formula is C14H23N3OS. The highest BCUT2D eigenvalue weighted by Gasteiger charge is 2.23. The molecule has 106 valence electrons. The lowest BCUT2D eigenvalue weighted by Crippen LogP contribution is -2.34. The number of unbranched alkanes of at least 4 members (excludes halogenated alkanes) is 2. The molecule has 1 aliphatic heterocycles. The maximum absolute atomic E-state index is 11.0. The van der Waals surface area contributed by atoms with E-state index in [1.807, 2.05) is 11.3 Å². The summed E-state index contributed by atoms with van der Waals surface area (Å²) in [6, 6.07) is 2.81. The van der Waals surface area contributed by atoms with Crippen LogP contribution in [0.4, 0.5) is 0 Å². The number of thiophene rings is 1. The second-order valence-corrected chi connectivity index (χ2v) is 6.14. The second kappa shape index (κ2) is 7.03. The molecule has 4 nitrogen and oxygen atoms in total. The maximum Gasteiger partial charge on any atom is 0.233 e. The molecule has 1 aromatic heterocycles. The fourth-order valence-electron chi connectivity index (χ4n) is 2.72. The Morgan fingerprint density at radius 1 is 1.53 bits per heavy atom. The Morgan fingerprint density at radius 3 is 3.16 bits per heavy atom. The van der Waals surface area contributed by atoms with Crippen LogP contribution in [0.2, 0.25) is 0 Å². The summed E-state index contributed by atoms with van der Waals surface area (Å²) in [5.41, 5.74) is 3.68. The second-order valence-electron chi connectivity index (χ2n) is 5.14. The van der Waals surface area contributed by atoms with Gasteiger partial charge in [-0.05, 0) is 49.7 Å². The molecule has 0 radical (unpaired) electrons. The fourth-order valence-corrected chi connectivity index (χ4v) is 3.68. The van der Waals surface area contributed by atoms with Gasteiger partial charge >= 0.3 is 0 Å². The van der Waals surface area contributed by atoms with Crippen LogP contribution in [0, 0.1) is 0 Å². The molecule has 1 amide bonds. The zero-order chi connectivity index (χ0) is 13.7. The van der Waals surface area contributed by atoms with Crippen LogP contribution in [0.15, 0.2) is 11.4 Å². The van der Waals surface area contributed by atoms with Crippen LogP contribution in [0.5, 0.6) is 0 Å². The molecule has 0 aromatic carbocycles. The van der Waals surface area contributed by atoms with Gasteiger partial charge in [0.25, 0.3) is 0 Å². The van der Waals surface area contributed by atoms with Gasteiger partial charge in [-0.2, -0.15) is 0 Å². The Labute approximate surface area is 118 Å². The largest absolute Gasteiger partial charge is 0.296 e. The molecule has 0 aliphatic carbocycles. The number of amides is 1. The molecule has 3 N–H and O–H groups in total. The van der Waals surface area contributed by atoms with Gasteiger partial charge in [0.1, 0.15) is 0 Å². The predicted molar refractivity (Wildman–Crippen MR) is 78.8 cm³/mol. The van der Waals surface area contributed by atoms with E-state index in [4.69, 9.17) is 5.84 Å². The number of fused-ring (bicyclic) bond motifs is 1. The van der Waals surface area contributed by atoms with Crippen molar-refractivity contribution in [2.75, 3.05) is 13.1 Å². The minimum Gasteiger partial charge on any atom is -0.296 e. The third kappa shape index (κ3) is 3.78. The predicted octanol–water partition coefficient (Wildman–Crippen LogP) is 2.22. The molecule has 19 heavy (non-hydrogen) atoms. The minimum absolute atomic E-state index is 0.0609. The van der Waals surface area contributed by atoms with E-state index in [0.29, 0.717) is 12.5 Å².